The van der Waals surface area contributed by atoms with E-state index in [0.717, 1.165) is 30.7 Å². The van der Waals surface area contributed by atoms with Crippen LogP contribution in [0.5, 0.6) is 0 Å². The van der Waals surface area contributed by atoms with Crippen molar-refractivity contribution in [3.05, 3.63) is 35.9 Å². The molecule has 0 aliphatic carbocycles. The molecule has 0 unspecified atom stereocenters. The van der Waals surface area contributed by atoms with E-state index < -0.39 is 0 Å². The molecule has 0 saturated carbocycles. The molecule has 0 aromatic heterocycles. The standard InChI is InChI=1S/C13H17NOS/c1-16-10-12-8-5-9-14(12)13(15)11-6-3-2-4-7-11/h2-4,6-7,12H,5,8-10H2,1H3/t12-/m1/s1. The van der Waals surface area contributed by atoms with E-state index in [9.17, 15) is 4.79 Å². The normalized spacial score (nSPS) is 20.1. The fraction of sp³-hybridized carbons (Fsp3) is 0.462. The van der Waals surface area contributed by atoms with Crippen molar-refractivity contribution in [3.63, 3.8) is 0 Å². The first-order valence-electron chi connectivity index (χ1n) is 5.68. The molecule has 1 heterocycles. The predicted molar refractivity (Wildman–Crippen MR) is 68.9 cm³/mol. The number of carbonyl (C=O) groups is 1. The zero-order valence-electron chi connectivity index (χ0n) is 9.56. The van der Waals surface area contributed by atoms with Crippen LogP contribution in [0.2, 0.25) is 0 Å². The van der Waals surface area contributed by atoms with Crippen molar-refractivity contribution in [3.8, 4) is 0 Å². The Bertz CT molecular complexity index is 352. The van der Waals surface area contributed by atoms with Crippen molar-refractivity contribution in [2.75, 3.05) is 18.6 Å². The van der Waals surface area contributed by atoms with E-state index in [2.05, 4.69) is 6.26 Å². The summed E-state index contributed by atoms with van der Waals surface area (Å²) in [5.74, 6) is 1.25. The lowest BCUT2D eigenvalue weighted by atomic mass is 10.2. The Labute approximate surface area is 101 Å². The average Bonchev–Trinajstić information content (AvgIpc) is 2.78. The molecule has 1 aliphatic rings. The SMILES string of the molecule is CSC[C@H]1CCCN1C(=O)c1ccccc1. The van der Waals surface area contributed by atoms with Crippen LogP contribution in [-0.2, 0) is 0 Å². The van der Waals surface area contributed by atoms with Crippen LogP contribution in [0.1, 0.15) is 23.2 Å². The van der Waals surface area contributed by atoms with E-state index in [1.165, 1.54) is 0 Å². The highest BCUT2D eigenvalue weighted by atomic mass is 32.2. The number of hydrogen-bond acceptors (Lipinski definition) is 2. The molecule has 1 saturated heterocycles. The van der Waals surface area contributed by atoms with Crippen molar-refractivity contribution in [1.29, 1.82) is 0 Å². The van der Waals surface area contributed by atoms with Gasteiger partial charge < -0.3 is 4.90 Å². The number of carbonyl (C=O) groups excluding carboxylic acids is 1. The second-order valence-electron chi connectivity index (χ2n) is 4.12. The van der Waals surface area contributed by atoms with Crippen LogP contribution in [0.25, 0.3) is 0 Å². The summed E-state index contributed by atoms with van der Waals surface area (Å²) in [7, 11) is 0. The molecule has 16 heavy (non-hydrogen) atoms. The van der Waals surface area contributed by atoms with Gasteiger partial charge in [0.15, 0.2) is 0 Å². The van der Waals surface area contributed by atoms with Crippen molar-refractivity contribution < 1.29 is 4.79 Å². The Morgan fingerprint density at radius 1 is 1.44 bits per heavy atom. The van der Waals surface area contributed by atoms with Crippen molar-refractivity contribution >= 4 is 17.7 Å². The molecule has 86 valence electrons. The second kappa shape index (κ2) is 5.39. The summed E-state index contributed by atoms with van der Waals surface area (Å²) in [4.78, 5) is 14.3. The van der Waals surface area contributed by atoms with Crippen molar-refractivity contribution in [2.45, 2.75) is 18.9 Å². The highest BCUT2D eigenvalue weighted by Crippen LogP contribution is 2.22. The summed E-state index contributed by atoms with van der Waals surface area (Å²) in [6.45, 7) is 0.916. The number of nitrogens with zero attached hydrogens (tertiary/aromatic N) is 1. The fourth-order valence-electron chi connectivity index (χ4n) is 2.22. The van der Waals surface area contributed by atoms with E-state index >= 15 is 0 Å². The van der Waals surface area contributed by atoms with Crippen LogP contribution < -0.4 is 0 Å². The quantitative estimate of drug-likeness (QED) is 0.802. The molecule has 1 fully saturated rings. The van der Waals surface area contributed by atoms with E-state index in [4.69, 9.17) is 0 Å². The van der Waals surface area contributed by atoms with Crippen LogP contribution in [0, 0.1) is 0 Å². The molecule has 1 amide bonds. The highest BCUT2D eigenvalue weighted by molar-refractivity contribution is 7.98. The maximum atomic E-state index is 12.2. The number of likely N-dealkylation sites (tertiary alicyclic amines) is 1. The molecular formula is C13H17NOS. The topological polar surface area (TPSA) is 20.3 Å². The van der Waals surface area contributed by atoms with Gasteiger partial charge >= 0.3 is 0 Å². The van der Waals surface area contributed by atoms with Gasteiger partial charge in [0.25, 0.3) is 5.91 Å². The van der Waals surface area contributed by atoms with Gasteiger partial charge in [0.1, 0.15) is 0 Å². The van der Waals surface area contributed by atoms with Crippen LogP contribution in [0.4, 0.5) is 0 Å². The monoisotopic (exact) mass is 235 g/mol. The van der Waals surface area contributed by atoms with Crippen molar-refractivity contribution in [1.82, 2.24) is 4.90 Å². The summed E-state index contributed by atoms with van der Waals surface area (Å²) in [6, 6.07) is 10.0. The van der Waals surface area contributed by atoms with Gasteiger partial charge in [-0.2, -0.15) is 11.8 Å². The molecule has 2 nitrogen and oxygen atoms in total. The lowest BCUT2D eigenvalue weighted by molar-refractivity contribution is 0.0750. The summed E-state index contributed by atoms with van der Waals surface area (Å²) in [6.07, 6.45) is 4.40. The molecule has 1 aromatic rings. The van der Waals surface area contributed by atoms with Gasteiger partial charge in [0.05, 0.1) is 0 Å². The lowest BCUT2D eigenvalue weighted by Gasteiger charge is -2.24. The number of amides is 1. The third-order valence-corrected chi connectivity index (χ3v) is 3.74. The van der Waals surface area contributed by atoms with Gasteiger partial charge in [-0.05, 0) is 31.2 Å². The Morgan fingerprint density at radius 2 is 2.19 bits per heavy atom. The molecule has 1 atom stereocenters. The zero-order chi connectivity index (χ0) is 11.4. The second-order valence-corrected chi connectivity index (χ2v) is 5.03. The van der Waals surface area contributed by atoms with Crippen LogP contribution >= 0.6 is 11.8 Å². The molecule has 0 spiro atoms. The number of benzene rings is 1. The highest BCUT2D eigenvalue weighted by Gasteiger charge is 2.28. The predicted octanol–water partition coefficient (Wildman–Crippen LogP) is 2.65. The molecular weight excluding hydrogens is 218 g/mol. The summed E-state index contributed by atoms with van der Waals surface area (Å²) in [5.41, 5.74) is 0.815. The summed E-state index contributed by atoms with van der Waals surface area (Å²) < 4.78 is 0. The van der Waals surface area contributed by atoms with Gasteiger partial charge in [0.2, 0.25) is 0 Å². The van der Waals surface area contributed by atoms with Gasteiger partial charge in [-0.3, -0.25) is 4.79 Å². The number of rotatable bonds is 3. The zero-order valence-corrected chi connectivity index (χ0v) is 10.4. The van der Waals surface area contributed by atoms with Gasteiger partial charge in [-0.1, -0.05) is 18.2 Å². The van der Waals surface area contributed by atoms with E-state index in [-0.39, 0.29) is 5.91 Å². The first-order valence-corrected chi connectivity index (χ1v) is 7.07. The molecule has 1 aliphatic heterocycles. The van der Waals surface area contributed by atoms with Crippen molar-refractivity contribution in [2.24, 2.45) is 0 Å². The van der Waals surface area contributed by atoms with Crippen LogP contribution in [0.15, 0.2) is 30.3 Å². The third kappa shape index (κ3) is 2.40. The molecule has 3 heteroatoms. The van der Waals surface area contributed by atoms with E-state index in [1.54, 1.807) is 0 Å². The smallest absolute Gasteiger partial charge is 0.254 e. The minimum Gasteiger partial charge on any atom is -0.335 e. The van der Waals surface area contributed by atoms with Crippen LogP contribution in [-0.4, -0.2) is 35.4 Å². The van der Waals surface area contributed by atoms with Gasteiger partial charge in [-0.25, -0.2) is 0 Å². The third-order valence-electron chi connectivity index (χ3n) is 3.02. The van der Waals surface area contributed by atoms with Gasteiger partial charge in [0, 0.05) is 23.9 Å². The summed E-state index contributed by atoms with van der Waals surface area (Å²) >= 11 is 1.82. The molecule has 0 N–H and O–H groups in total. The first-order chi connectivity index (χ1) is 7.83. The molecule has 2 rings (SSSR count). The Balaban J connectivity index is 2.09. The first kappa shape index (κ1) is 11.5. The maximum Gasteiger partial charge on any atom is 0.254 e. The molecule has 1 aromatic carbocycles. The molecule has 0 radical (unpaired) electrons. The minimum absolute atomic E-state index is 0.192. The van der Waals surface area contributed by atoms with E-state index in [1.807, 2.05) is 47.0 Å². The average molecular weight is 235 g/mol. The Morgan fingerprint density at radius 3 is 2.88 bits per heavy atom. The Hall–Kier alpha value is -0.960. The van der Waals surface area contributed by atoms with E-state index in [0.29, 0.717) is 6.04 Å². The van der Waals surface area contributed by atoms with Crippen LogP contribution in [0.3, 0.4) is 0 Å². The largest absolute Gasteiger partial charge is 0.335 e. The lowest BCUT2D eigenvalue weighted by Crippen LogP contribution is -2.36. The molecule has 0 bridgehead atoms. The fourth-order valence-corrected chi connectivity index (χ4v) is 2.95. The summed E-state index contributed by atoms with van der Waals surface area (Å²) in [5, 5.41) is 0. The van der Waals surface area contributed by atoms with Gasteiger partial charge in [-0.15, -0.1) is 0 Å². The number of thioether (sulfide) groups is 1. The number of hydrogen-bond donors (Lipinski definition) is 0. The minimum atomic E-state index is 0.192. The Kier molecular flexibility index (Phi) is 3.88. The maximum absolute atomic E-state index is 12.2.